The molecule has 3 heterocycles. The molecule has 1 saturated heterocycles. The van der Waals surface area contributed by atoms with Gasteiger partial charge in [-0.05, 0) is 51.9 Å². The monoisotopic (exact) mass is 448 g/mol. The Morgan fingerprint density at radius 3 is 2.61 bits per heavy atom. The Balaban J connectivity index is 1.85. The molecule has 0 aliphatic carbocycles. The molecule has 0 aromatic carbocycles. The largest absolute Gasteiger partial charge is 0.476 e. The van der Waals surface area contributed by atoms with Crippen molar-refractivity contribution in [3.05, 3.63) is 40.8 Å². The van der Waals surface area contributed by atoms with Gasteiger partial charge >= 0.3 is 5.97 Å². The second-order valence-corrected chi connectivity index (χ2v) is 8.01. The number of aromatic nitrogens is 3. The number of carboxylic acids is 1. The molecule has 1 aliphatic heterocycles. The van der Waals surface area contributed by atoms with E-state index in [1.807, 2.05) is 13.8 Å². The van der Waals surface area contributed by atoms with E-state index in [1.54, 1.807) is 11.0 Å². The first-order chi connectivity index (χ1) is 14.8. The lowest BCUT2D eigenvalue weighted by molar-refractivity contribution is -0.117. The molecular formula is C20H25ClN6O4. The molecule has 1 fully saturated rings. The van der Waals surface area contributed by atoms with Gasteiger partial charge in [-0.1, -0.05) is 11.6 Å². The van der Waals surface area contributed by atoms with Gasteiger partial charge in [-0.2, -0.15) is 5.10 Å². The lowest BCUT2D eigenvalue weighted by atomic mass is 10.0. The van der Waals surface area contributed by atoms with Crippen molar-refractivity contribution in [2.45, 2.75) is 45.3 Å². The van der Waals surface area contributed by atoms with Gasteiger partial charge in [0.1, 0.15) is 18.1 Å². The van der Waals surface area contributed by atoms with Crippen LogP contribution in [0.1, 0.15) is 47.7 Å². The average molecular weight is 449 g/mol. The average Bonchev–Trinajstić information content (AvgIpc) is 3.14. The topological polar surface area (TPSA) is 129 Å². The van der Waals surface area contributed by atoms with Crippen molar-refractivity contribution in [1.29, 1.82) is 0 Å². The molecule has 0 atom stereocenters. The van der Waals surface area contributed by atoms with Crippen LogP contribution in [0.15, 0.2) is 24.4 Å². The van der Waals surface area contributed by atoms with E-state index in [4.69, 9.17) is 11.6 Å². The summed E-state index contributed by atoms with van der Waals surface area (Å²) in [5.41, 5.74) is -0.237. The zero-order valence-corrected chi connectivity index (χ0v) is 18.1. The summed E-state index contributed by atoms with van der Waals surface area (Å²) in [6.45, 7) is 5.10. The van der Waals surface area contributed by atoms with E-state index in [1.165, 1.54) is 18.3 Å². The minimum atomic E-state index is -1.27. The summed E-state index contributed by atoms with van der Waals surface area (Å²) in [4.78, 5) is 43.1. The predicted octanol–water partition coefficient (Wildman–Crippen LogP) is 1.87. The number of rotatable bonds is 7. The molecule has 3 rings (SSSR count). The molecule has 3 N–H and O–H groups in total. The number of hydrogen-bond acceptors (Lipinski definition) is 6. The maximum absolute atomic E-state index is 13.4. The molecule has 1 aliphatic rings. The number of carbonyl (C=O) groups is 3. The van der Waals surface area contributed by atoms with Crippen LogP contribution in [0.25, 0.3) is 0 Å². The molecule has 10 nitrogen and oxygen atoms in total. The van der Waals surface area contributed by atoms with Crippen molar-refractivity contribution in [2.24, 2.45) is 0 Å². The molecule has 2 aromatic heterocycles. The number of carboxylic acid groups (broad SMARTS) is 1. The lowest BCUT2D eigenvalue weighted by Gasteiger charge is -2.37. The summed E-state index contributed by atoms with van der Waals surface area (Å²) >= 11 is 5.79. The van der Waals surface area contributed by atoms with E-state index in [0.29, 0.717) is 5.02 Å². The van der Waals surface area contributed by atoms with Crippen molar-refractivity contribution in [2.75, 3.05) is 18.4 Å². The number of hydrogen-bond donors (Lipinski definition) is 3. The second kappa shape index (κ2) is 9.88. The van der Waals surface area contributed by atoms with Crippen LogP contribution in [0.3, 0.4) is 0 Å². The van der Waals surface area contributed by atoms with E-state index >= 15 is 0 Å². The van der Waals surface area contributed by atoms with Crippen LogP contribution in [0.5, 0.6) is 0 Å². The Labute approximate surface area is 184 Å². The molecule has 31 heavy (non-hydrogen) atoms. The van der Waals surface area contributed by atoms with Gasteiger partial charge in [-0.3, -0.25) is 9.59 Å². The summed E-state index contributed by atoms with van der Waals surface area (Å²) in [5, 5.41) is 19.6. The zero-order valence-electron chi connectivity index (χ0n) is 17.3. The van der Waals surface area contributed by atoms with Gasteiger partial charge in [-0.15, -0.1) is 0 Å². The van der Waals surface area contributed by atoms with Gasteiger partial charge in [-0.25, -0.2) is 14.5 Å². The van der Waals surface area contributed by atoms with Crippen LogP contribution in [-0.2, 0) is 11.3 Å². The highest BCUT2D eigenvalue weighted by Crippen LogP contribution is 2.20. The van der Waals surface area contributed by atoms with Crippen LogP contribution in [-0.4, -0.2) is 67.7 Å². The second-order valence-electron chi connectivity index (χ2n) is 7.57. The highest BCUT2D eigenvalue weighted by Gasteiger charge is 2.31. The third-order valence-corrected chi connectivity index (χ3v) is 5.22. The molecule has 0 saturated carbocycles. The molecule has 0 bridgehead atoms. The van der Waals surface area contributed by atoms with Gasteiger partial charge < -0.3 is 20.6 Å². The van der Waals surface area contributed by atoms with Gasteiger partial charge in [0.25, 0.3) is 5.91 Å². The number of carbonyl (C=O) groups excluding carboxylic acids is 2. The Kier molecular flexibility index (Phi) is 7.24. The van der Waals surface area contributed by atoms with Crippen LogP contribution in [0, 0.1) is 0 Å². The Bertz CT molecular complexity index is 953. The molecule has 2 amide bonds. The Morgan fingerprint density at radius 2 is 2.03 bits per heavy atom. The summed E-state index contributed by atoms with van der Waals surface area (Å²) in [6, 6.07) is 4.26. The van der Waals surface area contributed by atoms with E-state index in [9.17, 15) is 19.5 Å². The van der Waals surface area contributed by atoms with E-state index < -0.39 is 11.9 Å². The fourth-order valence-electron chi connectivity index (χ4n) is 3.62. The molecule has 0 unspecified atom stereocenters. The Morgan fingerprint density at radius 1 is 1.32 bits per heavy atom. The summed E-state index contributed by atoms with van der Waals surface area (Å²) in [7, 11) is 0. The summed E-state index contributed by atoms with van der Waals surface area (Å²) in [6.07, 6.45) is 2.99. The molecule has 0 spiro atoms. The minimum Gasteiger partial charge on any atom is -0.476 e. The van der Waals surface area contributed by atoms with E-state index in [0.717, 1.165) is 30.6 Å². The number of halogens is 1. The first kappa shape index (κ1) is 22.7. The fourth-order valence-corrected chi connectivity index (χ4v) is 3.73. The van der Waals surface area contributed by atoms with E-state index in [-0.39, 0.29) is 41.7 Å². The van der Waals surface area contributed by atoms with Crippen LogP contribution < -0.4 is 10.6 Å². The number of aromatic carboxylic acids is 1. The van der Waals surface area contributed by atoms with Crippen LogP contribution in [0.2, 0.25) is 5.02 Å². The molecular weight excluding hydrogens is 424 g/mol. The van der Waals surface area contributed by atoms with Gasteiger partial charge in [0.15, 0.2) is 5.69 Å². The smallest absolute Gasteiger partial charge is 0.356 e. The van der Waals surface area contributed by atoms with Gasteiger partial charge in [0.05, 0.1) is 5.02 Å². The minimum absolute atomic E-state index is 0.0254. The number of amides is 2. The predicted molar refractivity (Wildman–Crippen MR) is 114 cm³/mol. The van der Waals surface area contributed by atoms with Crippen molar-refractivity contribution < 1.29 is 19.5 Å². The van der Waals surface area contributed by atoms with Crippen molar-refractivity contribution in [3.8, 4) is 0 Å². The highest BCUT2D eigenvalue weighted by molar-refractivity contribution is 6.30. The SMILES string of the molecule is CC(C)N(C(=O)c1cc(C(=O)O)nn1CC(=O)Nc1ccc(Cl)cn1)C1CCNCC1. The molecule has 0 radical (unpaired) electrons. The van der Waals surface area contributed by atoms with Crippen molar-refractivity contribution in [3.63, 3.8) is 0 Å². The standard InChI is InChI=1S/C20H25ClN6O4/c1-12(2)27(14-5-7-22-8-6-14)19(29)16-9-15(20(30)31)25-26(16)11-18(28)24-17-4-3-13(21)10-23-17/h3-4,9-10,12,14,22H,5-8,11H2,1-2H3,(H,30,31)(H,23,24,28). The molecule has 11 heteroatoms. The summed E-state index contributed by atoms with van der Waals surface area (Å²) in [5.74, 6) is -1.84. The van der Waals surface area contributed by atoms with Crippen molar-refractivity contribution in [1.82, 2.24) is 25.0 Å². The normalized spacial score (nSPS) is 14.5. The van der Waals surface area contributed by atoms with Gasteiger partial charge in [0, 0.05) is 24.3 Å². The van der Waals surface area contributed by atoms with Crippen LogP contribution >= 0.6 is 11.6 Å². The third-order valence-electron chi connectivity index (χ3n) is 5.00. The van der Waals surface area contributed by atoms with Crippen LogP contribution in [0.4, 0.5) is 5.82 Å². The summed E-state index contributed by atoms with van der Waals surface area (Å²) < 4.78 is 1.13. The van der Waals surface area contributed by atoms with Crippen molar-refractivity contribution >= 4 is 35.2 Å². The molecule has 166 valence electrons. The zero-order chi connectivity index (χ0) is 22.5. The number of pyridine rings is 1. The number of anilines is 1. The van der Waals surface area contributed by atoms with E-state index in [2.05, 4.69) is 20.7 Å². The Hall–Kier alpha value is -2.98. The maximum atomic E-state index is 13.4. The molecule has 2 aromatic rings. The quantitative estimate of drug-likeness (QED) is 0.589. The highest BCUT2D eigenvalue weighted by atomic mass is 35.5. The number of piperidine rings is 1. The fraction of sp³-hybridized carbons (Fsp3) is 0.450. The number of nitrogens with one attached hydrogen (secondary N) is 2. The number of nitrogens with zero attached hydrogens (tertiary/aromatic N) is 4. The third kappa shape index (κ3) is 5.59. The first-order valence-electron chi connectivity index (χ1n) is 10.0. The first-order valence-corrected chi connectivity index (χ1v) is 10.4. The lowest BCUT2D eigenvalue weighted by Crippen LogP contribution is -2.49. The maximum Gasteiger partial charge on any atom is 0.356 e. The van der Waals surface area contributed by atoms with Gasteiger partial charge in [0.2, 0.25) is 5.91 Å².